The first-order chi connectivity index (χ1) is 14.4. The van der Waals surface area contributed by atoms with E-state index in [2.05, 4.69) is 25.8 Å². The summed E-state index contributed by atoms with van der Waals surface area (Å²) in [5, 5.41) is 9.06. The number of rotatable bonds is 8. The molecule has 1 heterocycles. The van der Waals surface area contributed by atoms with Gasteiger partial charge in [0, 0.05) is 58.8 Å². The minimum Gasteiger partial charge on any atom is -0.359 e. The number of benzene rings is 1. The van der Waals surface area contributed by atoms with Crippen molar-refractivity contribution < 1.29 is 9.59 Å². The van der Waals surface area contributed by atoms with Crippen LogP contribution in [0.2, 0.25) is 0 Å². The van der Waals surface area contributed by atoms with Gasteiger partial charge in [0.15, 0.2) is 5.96 Å². The topological polar surface area (TPSA) is 89.1 Å². The van der Waals surface area contributed by atoms with Crippen LogP contribution in [0.4, 0.5) is 0 Å². The summed E-state index contributed by atoms with van der Waals surface area (Å²) in [6.07, 6.45) is 2.56. The van der Waals surface area contributed by atoms with Crippen LogP contribution in [0.3, 0.4) is 0 Å². The molecule has 0 bridgehead atoms. The van der Waals surface area contributed by atoms with E-state index in [0.717, 1.165) is 44.0 Å². The van der Waals surface area contributed by atoms with Crippen molar-refractivity contribution in [3.05, 3.63) is 35.4 Å². The number of nitrogens with zero attached hydrogens (tertiary/aromatic N) is 3. The molecule has 0 atom stereocenters. The van der Waals surface area contributed by atoms with Gasteiger partial charge in [-0.2, -0.15) is 0 Å². The Morgan fingerprint density at radius 3 is 2.52 bits per heavy atom. The Morgan fingerprint density at radius 2 is 1.90 bits per heavy atom. The van der Waals surface area contributed by atoms with Crippen molar-refractivity contribution in [3.8, 4) is 0 Å². The number of amides is 2. The monoisotopic (exact) mass is 544 g/mol. The summed E-state index contributed by atoms with van der Waals surface area (Å²) in [7, 11) is 7.44. The van der Waals surface area contributed by atoms with Crippen LogP contribution in [0, 0.1) is 5.92 Å². The molecule has 2 amide bonds. The molecule has 1 saturated heterocycles. The maximum Gasteiger partial charge on any atom is 0.251 e. The van der Waals surface area contributed by atoms with Crippen LogP contribution in [0.25, 0.3) is 0 Å². The first kappa shape index (κ1) is 27.2. The summed E-state index contributed by atoms with van der Waals surface area (Å²) >= 11 is 0. The highest BCUT2D eigenvalue weighted by Gasteiger charge is 2.23. The number of halogens is 1. The van der Waals surface area contributed by atoms with E-state index in [1.165, 1.54) is 0 Å². The summed E-state index contributed by atoms with van der Waals surface area (Å²) in [4.78, 5) is 32.6. The van der Waals surface area contributed by atoms with Crippen molar-refractivity contribution in [1.82, 2.24) is 25.8 Å². The highest BCUT2D eigenvalue weighted by molar-refractivity contribution is 14.0. The second kappa shape index (κ2) is 14.2. The normalized spacial score (nSPS) is 14.7. The predicted molar refractivity (Wildman–Crippen MR) is 136 cm³/mol. The summed E-state index contributed by atoms with van der Waals surface area (Å²) in [5.74, 6) is 1.35. The fourth-order valence-electron chi connectivity index (χ4n) is 3.54. The predicted octanol–water partition coefficient (Wildman–Crippen LogP) is 1.52. The van der Waals surface area contributed by atoms with Gasteiger partial charge in [0.1, 0.15) is 0 Å². The molecule has 0 spiro atoms. The molecule has 0 unspecified atom stereocenters. The lowest BCUT2D eigenvalue weighted by molar-refractivity contribution is -0.121. The fourth-order valence-corrected chi connectivity index (χ4v) is 3.54. The zero-order valence-electron chi connectivity index (χ0n) is 19.1. The summed E-state index contributed by atoms with van der Waals surface area (Å²) in [6, 6.07) is 7.67. The van der Waals surface area contributed by atoms with Gasteiger partial charge >= 0.3 is 0 Å². The zero-order chi connectivity index (χ0) is 21.9. The molecule has 1 aliphatic rings. The van der Waals surface area contributed by atoms with Crippen LogP contribution in [0.1, 0.15) is 35.2 Å². The van der Waals surface area contributed by atoms with Gasteiger partial charge in [0.05, 0.1) is 0 Å². The Balaban J connectivity index is 0.00000480. The van der Waals surface area contributed by atoms with Gasteiger partial charge in [0.25, 0.3) is 5.91 Å². The summed E-state index contributed by atoms with van der Waals surface area (Å²) in [6.45, 7) is 3.80. The Kier molecular flexibility index (Phi) is 12.5. The number of hydrogen-bond acceptors (Lipinski definition) is 4. The van der Waals surface area contributed by atoms with E-state index in [4.69, 9.17) is 0 Å². The number of carbonyl (C=O) groups is 2. The summed E-state index contributed by atoms with van der Waals surface area (Å²) in [5.41, 5.74) is 1.70. The Morgan fingerprint density at radius 1 is 1.19 bits per heavy atom. The van der Waals surface area contributed by atoms with Gasteiger partial charge in [0.2, 0.25) is 5.91 Å². The maximum absolute atomic E-state index is 12.3. The van der Waals surface area contributed by atoms with Gasteiger partial charge < -0.3 is 25.8 Å². The molecule has 174 valence electrons. The quantitative estimate of drug-likeness (QED) is 0.263. The molecule has 8 nitrogen and oxygen atoms in total. The lowest BCUT2D eigenvalue weighted by Gasteiger charge is -2.34. The van der Waals surface area contributed by atoms with Crippen LogP contribution in [0.5, 0.6) is 0 Å². The van der Waals surface area contributed by atoms with Crippen LogP contribution >= 0.6 is 24.0 Å². The third-order valence-corrected chi connectivity index (χ3v) is 5.36. The molecule has 0 saturated carbocycles. The molecule has 0 radical (unpaired) electrons. The van der Waals surface area contributed by atoms with Crippen molar-refractivity contribution in [1.29, 1.82) is 0 Å². The molecule has 1 aliphatic heterocycles. The lowest BCUT2D eigenvalue weighted by atomic mass is 9.93. The van der Waals surface area contributed by atoms with Gasteiger partial charge in [-0.1, -0.05) is 12.1 Å². The average Bonchev–Trinajstić information content (AvgIpc) is 2.75. The van der Waals surface area contributed by atoms with E-state index < -0.39 is 0 Å². The number of likely N-dealkylation sites (N-methyl/N-ethyl adjacent to an activating group) is 1. The first-order valence-electron chi connectivity index (χ1n) is 10.6. The Hall–Kier alpha value is -1.88. The van der Waals surface area contributed by atoms with Crippen molar-refractivity contribution in [2.75, 3.05) is 54.4 Å². The van der Waals surface area contributed by atoms with Crippen LogP contribution in [-0.4, -0.2) is 81.9 Å². The molecular weight excluding hydrogens is 507 g/mol. The number of hydrogen-bond donors (Lipinski definition) is 3. The van der Waals surface area contributed by atoms with Crippen LogP contribution in [0.15, 0.2) is 29.3 Å². The maximum atomic E-state index is 12.3. The average molecular weight is 544 g/mol. The van der Waals surface area contributed by atoms with E-state index >= 15 is 0 Å². The second-order valence-electron chi connectivity index (χ2n) is 7.97. The smallest absolute Gasteiger partial charge is 0.251 e. The lowest BCUT2D eigenvalue weighted by Crippen LogP contribution is -2.45. The number of guanidine groups is 1. The summed E-state index contributed by atoms with van der Waals surface area (Å²) < 4.78 is 0. The van der Waals surface area contributed by atoms with Gasteiger partial charge in [-0.3, -0.25) is 14.6 Å². The largest absolute Gasteiger partial charge is 0.359 e. The molecule has 1 fully saturated rings. The van der Waals surface area contributed by atoms with Gasteiger partial charge in [-0.05, 0) is 50.6 Å². The fraction of sp³-hybridized carbons (Fsp3) is 0.591. The second-order valence-corrected chi connectivity index (χ2v) is 7.97. The third-order valence-electron chi connectivity index (χ3n) is 5.36. The third kappa shape index (κ3) is 9.42. The van der Waals surface area contributed by atoms with Crippen molar-refractivity contribution >= 4 is 41.8 Å². The Bertz CT molecular complexity index is 732. The molecule has 3 N–H and O–H groups in total. The Labute approximate surface area is 203 Å². The van der Waals surface area contributed by atoms with Crippen LogP contribution < -0.4 is 16.0 Å². The molecular formula is C22H37IN6O2. The molecule has 1 aromatic rings. The molecule has 0 aliphatic carbocycles. The van der Waals surface area contributed by atoms with Crippen molar-refractivity contribution in [2.24, 2.45) is 10.9 Å². The number of nitrogens with one attached hydrogen (secondary N) is 3. The van der Waals surface area contributed by atoms with E-state index in [-0.39, 0.29) is 35.8 Å². The number of piperidine rings is 1. The zero-order valence-corrected chi connectivity index (χ0v) is 21.4. The highest BCUT2D eigenvalue weighted by atomic mass is 127. The molecule has 9 heteroatoms. The molecule has 1 aromatic carbocycles. The minimum absolute atomic E-state index is 0. The molecule has 0 aromatic heterocycles. The van der Waals surface area contributed by atoms with Crippen LogP contribution in [-0.2, 0) is 11.3 Å². The highest BCUT2D eigenvalue weighted by Crippen LogP contribution is 2.20. The van der Waals surface area contributed by atoms with E-state index in [1.807, 2.05) is 43.3 Å². The van der Waals surface area contributed by atoms with Crippen molar-refractivity contribution in [3.63, 3.8) is 0 Å². The molecule has 31 heavy (non-hydrogen) atoms. The standard InChI is InChI=1S/C22H36N6O2.HI/c1-23-20(29)15-17-8-11-28(12-9-17)22(24-2)26-16-18-6-5-7-19(14-18)21(30)25-10-13-27(3)4;/h5-7,14,17H,8-13,15-16H2,1-4H3,(H,23,29)(H,24,26)(H,25,30);1H. The SMILES string of the molecule is CN=C(NCc1cccc(C(=O)NCCN(C)C)c1)N1CCC(CC(=O)NC)CC1.I. The van der Waals surface area contributed by atoms with E-state index in [9.17, 15) is 9.59 Å². The van der Waals surface area contributed by atoms with Gasteiger partial charge in [-0.25, -0.2) is 0 Å². The number of carbonyl (C=O) groups excluding carboxylic acids is 2. The number of aliphatic imine (C=N–C) groups is 1. The van der Waals surface area contributed by atoms with E-state index in [1.54, 1.807) is 14.1 Å². The minimum atomic E-state index is -0.0544. The first-order valence-corrected chi connectivity index (χ1v) is 10.6. The van der Waals surface area contributed by atoms with E-state index in [0.29, 0.717) is 31.0 Å². The van der Waals surface area contributed by atoms with Gasteiger partial charge in [-0.15, -0.1) is 24.0 Å². The van der Waals surface area contributed by atoms with Crippen molar-refractivity contribution in [2.45, 2.75) is 25.8 Å². The number of likely N-dealkylation sites (tertiary alicyclic amines) is 1. The molecule has 2 rings (SSSR count).